The summed E-state index contributed by atoms with van der Waals surface area (Å²) in [4.78, 5) is 12.2. The SMILES string of the molecule is COc1cc(/C=C/C(=O)c2ccc(OC(F)(F)F)cc2)cc(OC)c1OC. The van der Waals surface area contributed by atoms with Gasteiger partial charge in [-0.2, -0.15) is 0 Å². The maximum Gasteiger partial charge on any atom is 0.573 e. The Morgan fingerprint density at radius 1 is 0.926 bits per heavy atom. The van der Waals surface area contributed by atoms with E-state index in [1.54, 1.807) is 12.1 Å². The molecule has 0 saturated carbocycles. The molecule has 0 amide bonds. The van der Waals surface area contributed by atoms with E-state index in [-0.39, 0.29) is 11.3 Å². The van der Waals surface area contributed by atoms with Crippen LogP contribution in [0.15, 0.2) is 42.5 Å². The summed E-state index contributed by atoms with van der Waals surface area (Å²) in [6.45, 7) is 0. The molecule has 0 aliphatic carbocycles. The molecule has 5 nitrogen and oxygen atoms in total. The Hall–Kier alpha value is -3.16. The van der Waals surface area contributed by atoms with Crippen molar-refractivity contribution < 1.29 is 36.9 Å². The van der Waals surface area contributed by atoms with E-state index < -0.39 is 12.1 Å². The number of rotatable bonds is 7. The number of alkyl halides is 3. The number of hydrogen-bond donors (Lipinski definition) is 0. The second-order valence-electron chi connectivity index (χ2n) is 5.23. The lowest BCUT2D eigenvalue weighted by molar-refractivity contribution is -0.274. The van der Waals surface area contributed by atoms with Gasteiger partial charge in [-0.3, -0.25) is 4.79 Å². The van der Waals surface area contributed by atoms with Crippen molar-refractivity contribution in [1.29, 1.82) is 0 Å². The summed E-state index contributed by atoms with van der Waals surface area (Å²) in [6, 6.07) is 7.98. The van der Waals surface area contributed by atoms with Crippen molar-refractivity contribution in [3.8, 4) is 23.0 Å². The number of ketones is 1. The lowest BCUT2D eigenvalue weighted by Crippen LogP contribution is -2.17. The van der Waals surface area contributed by atoms with E-state index in [4.69, 9.17) is 14.2 Å². The quantitative estimate of drug-likeness (QED) is 0.521. The Kier molecular flexibility index (Phi) is 6.33. The summed E-state index contributed by atoms with van der Waals surface area (Å²) in [7, 11) is 4.42. The molecule has 2 rings (SSSR count). The Bertz CT molecular complexity index is 801. The van der Waals surface area contributed by atoms with Crippen LogP contribution in [0.5, 0.6) is 23.0 Å². The van der Waals surface area contributed by atoms with Crippen molar-refractivity contribution in [3.05, 3.63) is 53.6 Å². The number of hydrogen-bond acceptors (Lipinski definition) is 5. The minimum Gasteiger partial charge on any atom is -0.493 e. The molecular formula is C19H17F3O5. The van der Waals surface area contributed by atoms with E-state index in [0.717, 1.165) is 12.1 Å². The Balaban J connectivity index is 2.19. The molecule has 2 aromatic rings. The van der Waals surface area contributed by atoms with Gasteiger partial charge in [0, 0.05) is 5.56 Å². The maximum absolute atomic E-state index is 12.2. The molecule has 0 saturated heterocycles. The van der Waals surface area contributed by atoms with Crippen LogP contribution in [0.1, 0.15) is 15.9 Å². The van der Waals surface area contributed by atoms with Crippen molar-refractivity contribution in [1.82, 2.24) is 0 Å². The molecule has 0 aliphatic rings. The van der Waals surface area contributed by atoms with E-state index in [9.17, 15) is 18.0 Å². The van der Waals surface area contributed by atoms with Crippen LogP contribution in [-0.4, -0.2) is 33.5 Å². The number of carbonyl (C=O) groups is 1. The lowest BCUT2D eigenvalue weighted by atomic mass is 10.1. The van der Waals surface area contributed by atoms with Gasteiger partial charge in [-0.1, -0.05) is 6.08 Å². The number of halogens is 3. The summed E-state index contributed by atoms with van der Waals surface area (Å²) >= 11 is 0. The molecular weight excluding hydrogens is 365 g/mol. The molecule has 27 heavy (non-hydrogen) atoms. The predicted octanol–water partition coefficient (Wildman–Crippen LogP) is 4.51. The van der Waals surface area contributed by atoms with Gasteiger partial charge in [-0.05, 0) is 48.0 Å². The fraction of sp³-hybridized carbons (Fsp3) is 0.211. The average Bonchev–Trinajstić information content (AvgIpc) is 2.64. The van der Waals surface area contributed by atoms with Gasteiger partial charge >= 0.3 is 6.36 Å². The Morgan fingerprint density at radius 3 is 1.93 bits per heavy atom. The summed E-state index contributed by atoms with van der Waals surface area (Å²) in [5.74, 6) is 0.494. The van der Waals surface area contributed by atoms with Gasteiger partial charge in [0.05, 0.1) is 21.3 Å². The summed E-state index contributed by atoms with van der Waals surface area (Å²) in [5.41, 5.74) is 0.836. The van der Waals surface area contributed by atoms with Crippen LogP contribution >= 0.6 is 0 Å². The van der Waals surface area contributed by atoms with Crippen molar-refractivity contribution in [2.24, 2.45) is 0 Å². The van der Waals surface area contributed by atoms with Crippen LogP contribution in [0.2, 0.25) is 0 Å². The zero-order chi connectivity index (χ0) is 20.0. The van der Waals surface area contributed by atoms with Crippen molar-refractivity contribution >= 4 is 11.9 Å². The van der Waals surface area contributed by atoms with Crippen molar-refractivity contribution in [3.63, 3.8) is 0 Å². The fourth-order valence-electron chi connectivity index (χ4n) is 2.29. The van der Waals surface area contributed by atoms with Gasteiger partial charge < -0.3 is 18.9 Å². The van der Waals surface area contributed by atoms with Gasteiger partial charge in [0.2, 0.25) is 5.75 Å². The van der Waals surface area contributed by atoms with Crippen LogP contribution in [0.3, 0.4) is 0 Å². The highest BCUT2D eigenvalue weighted by Gasteiger charge is 2.31. The molecule has 0 aliphatic heterocycles. The van der Waals surface area contributed by atoms with Crippen LogP contribution < -0.4 is 18.9 Å². The summed E-state index contributed by atoms with van der Waals surface area (Å²) in [5, 5.41) is 0. The summed E-state index contributed by atoms with van der Waals surface area (Å²) < 4.78 is 55.9. The normalized spacial score (nSPS) is 11.3. The third-order valence-corrected chi connectivity index (χ3v) is 3.49. The molecule has 0 aromatic heterocycles. The van der Waals surface area contributed by atoms with Gasteiger partial charge in [0.25, 0.3) is 0 Å². The maximum atomic E-state index is 12.2. The zero-order valence-electron chi connectivity index (χ0n) is 14.8. The molecule has 8 heteroatoms. The van der Waals surface area contributed by atoms with Crippen LogP contribution in [0.25, 0.3) is 6.08 Å². The van der Waals surface area contributed by atoms with E-state index in [1.807, 2.05) is 0 Å². The second kappa shape index (κ2) is 8.48. The third-order valence-electron chi connectivity index (χ3n) is 3.49. The highest BCUT2D eigenvalue weighted by Crippen LogP contribution is 2.38. The minimum absolute atomic E-state index is 0.216. The first-order chi connectivity index (χ1) is 12.8. The topological polar surface area (TPSA) is 54.0 Å². The molecule has 0 N–H and O–H groups in total. The standard InChI is InChI=1S/C19H17F3O5/c1-24-16-10-12(11-17(25-2)18(16)26-3)4-9-15(23)13-5-7-14(8-6-13)27-19(20,21)22/h4-11H,1-3H3/b9-4+. The average molecular weight is 382 g/mol. The first kappa shape index (κ1) is 20.2. The highest BCUT2D eigenvalue weighted by atomic mass is 19.4. The van der Waals surface area contributed by atoms with E-state index >= 15 is 0 Å². The molecule has 144 valence electrons. The number of allylic oxidation sites excluding steroid dienone is 1. The number of benzene rings is 2. The van der Waals surface area contributed by atoms with E-state index in [0.29, 0.717) is 22.8 Å². The monoisotopic (exact) mass is 382 g/mol. The molecule has 0 heterocycles. The Morgan fingerprint density at radius 2 is 1.48 bits per heavy atom. The van der Waals surface area contributed by atoms with Crippen molar-refractivity contribution in [2.45, 2.75) is 6.36 Å². The van der Waals surface area contributed by atoms with Crippen molar-refractivity contribution in [2.75, 3.05) is 21.3 Å². The second-order valence-corrected chi connectivity index (χ2v) is 5.23. The number of carbonyl (C=O) groups excluding carboxylic acids is 1. The summed E-state index contributed by atoms with van der Waals surface area (Å²) in [6.07, 6.45) is -1.95. The largest absolute Gasteiger partial charge is 0.573 e. The van der Waals surface area contributed by atoms with Crippen LogP contribution in [-0.2, 0) is 0 Å². The third kappa shape index (κ3) is 5.40. The molecule has 0 bridgehead atoms. The van der Waals surface area contributed by atoms with Gasteiger partial charge in [-0.25, -0.2) is 0 Å². The van der Waals surface area contributed by atoms with Crippen LogP contribution in [0.4, 0.5) is 13.2 Å². The molecule has 0 unspecified atom stereocenters. The minimum atomic E-state index is -4.78. The van der Waals surface area contributed by atoms with Gasteiger partial charge in [-0.15, -0.1) is 13.2 Å². The number of ether oxygens (including phenoxy) is 4. The first-order valence-electron chi connectivity index (χ1n) is 7.65. The molecule has 0 spiro atoms. The Labute approximate surface area is 153 Å². The molecule has 0 atom stereocenters. The van der Waals surface area contributed by atoms with E-state index in [1.165, 1.54) is 45.6 Å². The predicted molar refractivity (Wildman–Crippen MR) is 92.6 cm³/mol. The van der Waals surface area contributed by atoms with Gasteiger partial charge in [0.15, 0.2) is 17.3 Å². The molecule has 2 aromatic carbocycles. The number of methoxy groups -OCH3 is 3. The lowest BCUT2D eigenvalue weighted by Gasteiger charge is -2.12. The van der Waals surface area contributed by atoms with E-state index in [2.05, 4.69) is 4.74 Å². The molecule has 0 fully saturated rings. The zero-order valence-corrected chi connectivity index (χ0v) is 14.8. The fourth-order valence-corrected chi connectivity index (χ4v) is 2.29. The van der Waals surface area contributed by atoms with Gasteiger partial charge in [0.1, 0.15) is 5.75 Å². The highest BCUT2D eigenvalue weighted by molar-refractivity contribution is 6.06. The first-order valence-corrected chi connectivity index (χ1v) is 7.65. The van der Waals surface area contributed by atoms with Crippen LogP contribution in [0, 0.1) is 0 Å². The molecule has 0 radical (unpaired) electrons. The smallest absolute Gasteiger partial charge is 0.493 e.